The summed E-state index contributed by atoms with van der Waals surface area (Å²) in [6.07, 6.45) is 0.354. The molecule has 0 saturated heterocycles. The van der Waals surface area contributed by atoms with Gasteiger partial charge in [0.05, 0.1) is 5.92 Å². The minimum absolute atomic E-state index is 0.112. The van der Waals surface area contributed by atoms with Crippen LogP contribution in [0.5, 0.6) is 0 Å². The number of fused-ring (bicyclic) bond motifs is 1. The summed E-state index contributed by atoms with van der Waals surface area (Å²) in [4.78, 5) is 12.6. The Kier molecular flexibility index (Phi) is 3.84. The largest absolute Gasteiger partial charge is 0.312 e. The number of hydrogen-bond donors (Lipinski definition) is 1. The third-order valence-electron chi connectivity index (χ3n) is 4.15. The Morgan fingerprint density at radius 1 is 1.29 bits per heavy atom. The normalized spacial score (nSPS) is 17.3. The number of Topliss-reactive ketones (excluding diaryl/α,β-unsaturated/α-hetero) is 1. The van der Waals surface area contributed by atoms with E-state index >= 15 is 0 Å². The Morgan fingerprint density at radius 2 is 2.10 bits per heavy atom. The lowest BCUT2D eigenvalue weighted by Crippen LogP contribution is -2.33. The first-order valence-corrected chi connectivity index (χ1v) is 7.21. The van der Waals surface area contributed by atoms with E-state index in [4.69, 9.17) is 0 Å². The fourth-order valence-electron chi connectivity index (χ4n) is 2.95. The van der Waals surface area contributed by atoms with E-state index in [0.29, 0.717) is 13.0 Å². The fraction of sp³-hybridized carbons (Fsp3) is 0.278. The van der Waals surface area contributed by atoms with Crippen LogP contribution in [0.4, 0.5) is 4.39 Å². The lowest BCUT2D eigenvalue weighted by atomic mass is 9.85. The van der Waals surface area contributed by atoms with E-state index in [1.165, 1.54) is 17.7 Å². The van der Waals surface area contributed by atoms with Crippen LogP contribution >= 0.6 is 0 Å². The highest BCUT2D eigenvalue weighted by molar-refractivity contribution is 5.88. The van der Waals surface area contributed by atoms with Crippen LogP contribution in [0, 0.1) is 12.7 Å². The van der Waals surface area contributed by atoms with Crippen LogP contribution in [-0.4, -0.2) is 12.3 Å². The predicted molar refractivity (Wildman–Crippen MR) is 80.7 cm³/mol. The molecule has 3 rings (SSSR count). The molecule has 0 aromatic heterocycles. The number of hydrogen-bond acceptors (Lipinski definition) is 2. The van der Waals surface area contributed by atoms with Crippen molar-refractivity contribution in [2.75, 3.05) is 6.54 Å². The fourth-order valence-corrected chi connectivity index (χ4v) is 2.95. The molecule has 0 bridgehead atoms. The van der Waals surface area contributed by atoms with Gasteiger partial charge in [0.25, 0.3) is 0 Å². The summed E-state index contributed by atoms with van der Waals surface area (Å²) in [5.41, 5.74) is 4.06. The van der Waals surface area contributed by atoms with Crippen molar-refractivity contribution in [3.8, 4) is 0 Å². The number of rotatable bonds is 3. The first-order chi connectivity index (χ1) is 10.1. The predicted octanol–water partition coefficient (Wildman–Crippen LogP) is 3.13. The quantitative estimate of drug-likeness (QED) is 0.937. The maximum atomic E-state index is 13.1. The number of ketones is 1. The van der Waals surface area contributed by atoms with Crippen LogP contribution in [0.15, 0.2) is 42.5 Å². The highest BCUT2D eigenvalue weighted by atomic mass is 19.1. The van der Waals surface area contributed by atoms with Gasteiger partial charge >= 0.3 is 0 Å². The van der Waals surface area contributed by atoms with E-state index in [1.807, 2.05) is 25.1 Å². The van der Waals surface area contributed by atoms with Gasteiger partial charge in [0.15, 0.2) is 0 Å². The summed E-state index contributed by atoms with van der Waals surface area (Å²) in [5, 5.41) is 3.30. The highest BCUT2D eigenvalue weighted by Gasteiger charge is 2.26. The van der Waals surface area contributed by atoms with Crippen LogP contribution < -0.4 is 5.32 Å². The molecule has 2 nitrogen and oxygen atoms in total. The number of carbonyl (C=O) groups is 1. The molecule has 0 radical (unpaired) electrons. The molecule has 0 aliphatic carbocycles. The summed E-state index contributed by atoms with van der Waals surface area (Å²) in [5.74, 6) is -0.183. The standard InChI is InChI=1S/C18H18FNO/c1-12-8-15(19)7-6-13(12)9-18(21)17-11-20-10-14-4-2-3-5-16(14)17/h2-8,17,20H,9-11H2,1H3. The molecule has 1 unspecified atom stereocenters. The van der Waals surface area contributed by atoms with E-state index in [0.717, 1.165) is 23.2 Å². The van der Waals surface area contributed by atoms with Gasteiger partial charge < -0.3 is 5.32 Å². The molecular formula is C18H18FNO. The van der Waals surface area contributed by atoms with Crippen molar-refractivity contribution in [1.29, 1.82) is 0 Å². The molecule has 1 aliphatic heterocycles. The molecule has 0 amide bonds. The molecule has 2 aromatic carbocycles. The van der Waals surface area contributed by atoms with Crippen molar-refractivity contribution in [2.24, 2.45) is 0 Å². The molecule has 21 heavy (non-hydrogen) atoms. The van der Waals surface area contributed by atoms with Crippen LogP contribution in [0.1, 0.15) is 28.2 Å². The van der Waals surface area contributed by atoms with Crippen LogP contribution in [0.2, 0.25) is 0 Å². The maximum absolute atomic E-state index is 13.1. The average Bonchev–Trinajstić information content (AvgIpc) is 2.49. The summed E-state index contributed by atoms with van der Waals surface area (Å²) >= 11 is 0. The van der Waals surface area contributed by atoms with Crippen LogP contribution in [0.25, 0.3) is 0 Å². The number of nitrogens with one attached hydrogen (secondary N) is 1. The van der Waals surface area contributed by atoms with Crippen LogP contribution in [-0.2, 0) is 17.8 Å². The third-order valence-corrected chi connectivity index (χ3v) is 4.15. The van der Waals surface area contributed by atoms with E-state index in [-0.39, 0.29) is 17.5 Å². The Bertz CT molecular complexity index is 681. The van der Waals surface area contributed by atoms with E-state index in [1.54, 1.807) is 6.07 Å². The molecule has 1 N–H and O–H groups in total. The Balaban J connectivity index is 1.83. The van der Waals surface area contributed by atoms with E-state index in [2.05, 4.69) is 11.4 Å². The van der Waals surface area contributed by atoms with Crippen LogP contribution in [0.3, 0.4) is 0 Å². The average molecular weight is 283 g/mol. The molecule has 3 heteroatoms. The SMILES string of the molecule is Cc1cc(F)ccc1CC(=O)C1CNCc2ccccc21. The van der Waals surface area contributed by atoms with Crippen molar-refractivity contribution < 1.29 is 9.18 Å². The maximum Gasteiger partial charge on any atom is 0.145 e. The molecule has 108 valence electrons. The van der Waals surface area contributed by atoms with Gasteiger partial charge in [-0.1, -0.05) is 30.3 Å². The molecule has 2 aromatic rings. The van der Waals surface area contributed by atoms with Crippen molar-refractivity contribution in [3.05, 3.63) is 70.5 Å². The first-order valence-electron chi connectivity index (χ1n) is 7.21. The van der Waals surface area contributed by atoms with Gasteiger partial charge in [0, 0.05) is 19.5 Å². The zero-order chi connectivity index (χ0) is 14.8. The highest BCUT2D eigenvalue weighted by Crippen LogP contribution is 2.26. The molecule has 1 atom stereocenters. The Labute approximate surface area is 124 Å². The smallest absolute Gasteiger partial charge is 0.145 e. The zero-order valence-electron chi connectivity index (χ0n) is 12.0. The van der Waals surface area contributed by atoms with Crippen molar-refractivity contribution in [1.82, 2.24) is 5.32 Å². The number of benzene rings is 2. The second kappa shape index (κ2) is 5.78. The topological polar surface area (TPSA) is 29.1 Å². The summed E-state index contributed by atoms with van der Waals surface area (Å²) in [6.45, 7) is 3.34. The Hall–Kier alpha value is -2.00. The van der Waals surface area contributed by atoms with Gasteiger partial charge in [-0.2, -0.15) is 0 Å². The molecule has 0 fully saturated rings. The Morgan fingerprint density at radius 3 is 2.90 bits per heavy atom. The lowest BCUT2D eigenvalue weighted by molar-refractivity contribution is -0.119. The molecular weight excluding hydrogens is 265 g/mol. The third kappa shape index (κ3) is 2.88. The molecule has 1 heterocycles. The van der Waals surface area contributed by atoms with Gasteiger partial charge in [-0.3, -0.25) is 4.79 Å². The molecule has 1 aliphatic rings. The van der Waals surface area contributed by atoms with Gasteiger partial charge in [-0.15, -0.1) is 0 Å². The minimum atomic E-state index is -0.256. The molecule has 0 spiro atoms. The van der Waals surface area contributed by atoms with Crippen molar-refractivity contribution >= 4 is 5.78 Å². The second-order valence-corrected chi connectivity index (χ2v) is 5.60. The molecule has 0 saturated carbocycles. The summed E-state index contributed by atoms with van der Waals surface area (Å²) in [6, 6.07) is 12.7. The second-order valence-electron chi connectivity index (χ2n) is 5.60. The monoisotopic (exact) mass is 283 g/mol. The summed E-state index contributed by atoms with van der Waals surface area (Å²) in [7, 11) is 0. The summed E-state index contributed by atoms with van der Waals surface area (Å²) < 4.78 is 13.1. The number of carbonyl (C=O) groups excluding carboxylic acids is 1. The van der Waals surface area contributed by atoms with Gasteiger partial charge in [-0.05, 0) is 41.3 Å². The van der Waals surface area contributed by atoms with E-state index < -0.39 is 0 Å². The van der Waals surface area contributed by atoms with Crippen molar-refractivity contribution in [2.45, 2.75) is 25.8 Å². The first kappa shape index (κ1) is 14.0. The lowest BCUT2D eigenvalue weighted by Gasteiger charge is -2.25. The zero-order valence-corrected chi connectivity index (χ0v) is 12.0. The number of aryl methyl sites for hydroxylation is 1. The van der Waals surface area contributed by atoms with Crippen molar-refractivity contribution in [3.63, 3.8) is 0 Å². The number of halogens is 1. The van der Waals surface area contributed by atoms with E-state index in [9.17, 15) is 9.18 Å². The minimum Gasteiger partial charge on any atom is -0.312 e. The van der Waals surface area contributed by atoms with Gasteiger partial charge in [0.1, 0.15) is 11.6 Å². The van der Waals surface area contributed by atoms with Gasteiger partial charge in [0.2, 0.25) is 0 Å². The van der Waals surface area contributed by atoms with Gasteiger partial charge in [-0.25, -0.2) is 4.39 Å².